The number of nitrogens with zero attached hydrogens (tertiary/aromatic N) is 1. The van der Waals surface area contributed by atoms with Crippen LogP contribution in [0.15, 0.2) is 18.3 Å². The lowest BCUT2D eigenvalue weighted by atomic mass is 10.2. The molecular weight excluding hydrogens is 218 g/mol. The van der Waals surface area contributed by atoms with Crippen molar-refractivity contribution in [2.45, 2.75) is 26.8 Å². The molecule has 0 aromatic carbocycles. The molecule has 0 radical (unpaired) electrons. The van der Waals surface area contributed by atoms with E-state index in [1.54, 1.807) is 12.1 Å². The first-order chi connectivity index (χ1) is 7.99. The summed E-state index contributed by atoms with van der Waals surface area (Å²) in [6.07, 6.45) is 1.49. The lowest BCUT2D eigenvalue weighted by Gasteiger charge is -2.09. The lowest BCUT2D eigenvalue weighted by molar-refractivity contribution is -0.120. The number of carbonyl (C=O) groups is 2. The summed E-state index contributed by atoms with van der Waals surface area (Å²) in [4.78, 5) is 26.9. The first kappa shape index (κ1) is 13.2. The smallest absolute Gasteiger partial charge is 0.253 e. The van der Waals surface area contributed by atoms with Gasteiger partial charge in [-0.3, -0.25) is 14.6 Å². The van der Waals surface area contributed by atoms with Crippen LogP contribution >= 0.6 is 0 Å². The fourth-order valence-electron chi connectivity index (χ4n) is 1.24. The van der Waals surface area contributed by atoms with Crippen LogP contribution in [0.2, 0.25) is 0 Å². The van der Waals surface area contributed by atoms with Gasteiger partial charge in [-0.2, -0.15) is 0 Å². The number of rotatable bonds is 4. The molecule has 17 heavy (non-hydrogen) atoms. The zero-order valence-electron chi connectivity index (χ0n) is 10.3. The minimum Gasteiger partial charge on any atom is -0.352 e. The van der Waals surface area contributed by atoms with Crippen LogP contribution in [0, 0.1) is 6.92 Å². The minimum absolute atomic E-state index is 0.0229. The van der Waals surface area contributed by atoms with Crippen LogP contribution in [0.3, 0.4) is 0 Å². The number of aromatic nitrogens is 1. The van der Waals surface area contributed by atoms with E-state index in [0.29, 0.717) is 5.56 Å². The summed E-state index contributed by atoms with van der Waals surface area (Å²) < 4.78 is 0. The largest absolute Gasteiger partial charge is 0.352 e. The first-order valence-electron chi connectivity index (χ1n) is 5.49. The van der Waals surface area contributed by atoms with E-state index in [4.69, 9.17) is 0 Å². The molecule has 1 aromatic heterocycles. The van der Waals surface area contributed by atoms with Gasteiger partial charge < -0.3 is 10.6 Å². The average Bonchev–Trinajstić information content (AvgIpc) is 2.26. The predicted octanol–water partition coefficient (Wildman–Crippen LogP) is 0.644. The molecule has 0 saturated carbocycles. The number of amides is 2. The fraction of sp³-hybridized carbons (Fsp3) is 0.417. The number of nitrogens with one attached hydrogen (secondary N) is 2. The van der Waals surface area contributed by atoms with Crippen LogP contribution in [0.5, 0.6) is 0 Å². The Morgan fingerprint density at radius 1 is 1.35 bits per heavy atom. The van der Waals surface area contributed by atoms with E-state index in [0.717, 1.165) is 5.69 Å². The Balaban J connectivity index is 2.45. The second-order valence-electron chi connectivity index (χ2n) is 4.09. The number of hydrogen-bond donors (Lipinski definition) is 2. The van der Waals surface area contributed by atoms with Crippen molar-refractivity contribution in [1.82, 2.24) is 15.6 Å². The molecule has 0 atom stereocenters. The van der Waals surface area contributed by atoms with Gasteiger partial charge >= 0.3 is 0 Å². The van der Waals surface area contributed by atoms with Crippen molar-refractivity contribution in [2.75, 3.05) is 6.54 Å². The molecule has 0 saturated heterocycles. The normalized spacial score (nSPS) is 10.1. The van der Waals surface area contributed by atoms with Gasteiger partial charge in [-0.25, -0.2) is 0 Å². The molecule has 2 amide bonds. The molecule has 1 aromatic rings. The molecule has 0 unspecified atom stereocenters. The highest BCUT2D eigenvalue weighted by Crippen LogP contribution is 1.98. The molecule has 1 rings (SSSR count). The van der Waals surface area contributed by atoms with Gasteiger partial charge in [0.05, 0.1) is 12.1 Å². The molecule has 5 heteroatoms. The highest BCUT2D eigenvalue weighted by Gasteiger charge is 2.08. The Labute approximate surface area is 101 Å². The molecule has 2 N–H and O–H groups in total. The van der Waals surface area contributed by atoms with Crippen molar-refractivity contribution in [3.8, 4) is 0 Å². The van der Waals surface area contributed by atoms with Crippen molar-refractivity contribution in [3.63, 3.8) is 0 Å². The van der Waals surface area contributed by atoms with Crippen LogP contribution in [-0.2, 0) is 4.79 Å². The Kier molecular flexibility index (Phi) is 4.63. The SMILES string of the molecule is Cc1ccc(C(=O)NCC(=O)NC(C)C)cn1. The maximum absolute atomic E-state index is 11.6. The molecule has 0 spiro atoms. The number of hydrogen-bond acceptors (Lipinski definition) is 3. The summed E-state index contributed by atoms with van der Waals surface area (Å²) in [6, 6.07) is 3.50. The number of pyridine rings is 1. The highest BCUT2D eigenvalue weighted by atomic mass is 16.2. The molecule has 5 nitrogen and oxygen atoms in total. The molecule has 0 aliphatic rings. The molecule has 0 bridgehead atoms. The zero-order valence-corrected chi connectivity index (χ0v) is 10.3. The van der Waals surface area contributed by atoms with Gasteiger partial charge in [0.25, 0.3) is 5.91 Å². The first-order valence-corrected chi connectivity index (χ1v) is 5.49. The van der Waals surface area contributed by atoms with Gasteiger partial charge in [0.1, 0.15) is 0 Å². The molecule has 92 valence electrons. The van der Waals surface area contributed by atoms with E-state index >= 15 is 0 Å². The van der Waals surface area contributed by atoms with Gasteiger partial charge in [-0.15, -0.1) is 0 Å². The van der Waals surface area contributed by atoms with Crippen LogP contribution in [0.4, 0.5) is 0 Å². The average molecular weight is 235 g/mol. The second-order valence-corrected chi connectivity index (χ2v) is 4.09. The maximum Gasteiger partial charge on any atom is 0.253 e. The van der Waals surface area contributed by atoms with Gasteiger partial charge in [0, 0.05) is 17.9 Å². The molecule has 0 aliphatic heterocycles. The summed E-state index contributed by atoms with van der Waals surface area (Å²) in [5.74, 6) is -0.496. The van der Waals surface area contributed by atoms with Gasteiger partial charge in [0.15, 0.2) is 0 Å². The quantitative estimate of drug-likeness (QED) is 0.804. The van der Waals surface area contributed by atoms with Gasteiger partial charge in [-0.1, -0.05) is 0 Å². The maximum atomic E-state index is 11.6. The van der Waals surface area contributed by atoms with E-state index in [-0.39, 0.29) is 24.4 Å². The van der Waals surface area contributed by atoms with Crippen LogP contribution in [0.25, 0.3) is 0 Å². The number of aryl methyl sites for hydroxylation is 1. The summed E-state index contributed by atoms with van der Waals surface area (Å²) in [6.45, 7) is 5.55. The molecule has 0 fully saturated rings. The summed E-state index contributed by atoms with van der Waals surface area (Å²) in [5, 5.41) is 5.22. The van der Waals surface area contributed by atoms with Crippen molar-refractivity contribution in [3.05, 3.63) is 29.6 Å². The Morgan fingerprint density at radius 2 is 2.06 bits per heavy atom. The standard InChI is InChI=1S/C12H17N3O2/c1-8(2)15-11(16)7-14-12(17)10-5-4-9(3)13-6-10/h4-6,8H,7H2,1-3H3,(H,14,17)(H,15,16). The molecular formula is C12H17N3O2. The zero-order chi connectivity index (χ0) is 12.8. The van der Waals surface area contributed by atoms with Crippen LogP contribution in [-0.4, -0.2) is 29.4 Å². The minimum atomic E-state index is -0.295. The van der Waals surface area contributed by atoms with E-state index in [2.05, 4.69) is 15.6 Å². The Hall–Kier alpha value is -1.91. The third-order valence-corrected chi connectivity index (χ3v) is 2.03. The molecule has 0 aliphatic carbocycles. The second kappa shape index (κ2) is 5.98. The molecule has 1 heterocycles. The van der Waals surface area contributed by atoms with Gasteiger partial charge in [-0.05, 0) is 32.9 Å². The van der Waals surface area contributed by atoms with Crippen molar-refractivity contribution in [1.29, 1.82) is 0 Å². The third kappa shape index (κ3) is 4.63. The summed E-state index contributed by atoms with van der Waals surface area (Å²) in [5.41, 5.74) is 1.30. The van der Waals surface area contributed by atoms with Gasteiger partial charge in [0.2, 0.25) is 5.91 Å². The van der Waals surface area contributed by atoms with Crippen molar-refractivity contribution >= 4 is 11.8 Å². The number of carbonyl (C=O) groups excluding carboxylic acids is 2. The summed E-state index contributed by atoms with van der Waals surface area (Å²) >= 11 is 0. The van der Waals surface area contributed by atoms with Crippen molar-refractivity contribution < 1.29 is 9.59 Å². The van der Waals surface area contributed by atoms with E-state index in [1.807, 2.05) is 20.8 Å². The Morgan fingerprint density at radius 3 is 2.59 bits per heavy atom. The van der Waals surface area contributed by atoms with Crippen LogP contribution < -0.4 is 10.6 Å². The van der Waals surface area contributed by atoms with E-state index in [1.165, 1.54) is 6.20 Å². The lowest BCUT2D eigenvalue weighted by Crippen LogP contribution is -2.39. The van der Waals surface area contributed by atoms with Crippen molar-refractivity contribution in [2.24, 2.45) is 0 Å². The van der Waals surface area contributed by atoms with Crippen LogP contribution in [0.1, 0.15) is 29.9 Å². The fourth-order valence-corrected chi connectivity index (χ4v) is 1.24. The van der Waals surface area contributed by atoms with E-state index in [9.17, 15) is 9.59 Å². The topological polar surface area (TPSA) is 71.1 Å². The Bertz CT molecular complexity index is 399. The summed E-state index contributed by atoms with van der Waals surface area (Å²) in [7, 11) is 0. The van der Waals surface area contributed by atoms with E-state index < -0.39 is 0 Å². The monoisotopic (exact) mass is 235 g/mol. The highest BCUT2D eigenvalue weighted by molar-refractivity contribution is 5.96. The third-order valence-electron chi connectivity index (χ3n) is 2.03. The predicted molar refractivity (Wildman–Crippen MR) is 64.6 cm³/mol.